The number of benzene rings is 2. The number of aromatic nitrogens is 3. The number of aryl methyl sites for hydroxylation is 1. The number of hydrogen-bond acceptors (Lipinski definition) is 5. The van der Waals surface area contributed by atoms with Crippen molar-refractivity contribution in [2.45, 2.75) is 26.3 Å². The Hall–Kier alpha value is -4.59. The van der Waals surface area contributed by atoms with Gasteiger partial charge in [0.25, 0.3) is 11.5 Å². The van der Waals surface area contributed by atoms with E-state index in [-0.39, 0.29) is 29.8 Å². The molecular weight excluding hydrogens is 454 g/mol. The van der Waals surface area contributed by atoms with Crippen LogP contribution in [0, 0.1) is 6.92 Å². The molecule has 0 saturated heterocycles. The van der Waals surface area contributed by atoms with Gasteiger partial charge in [0.2, 0.25) is 5.91 Å². The monoisotopic (exact) mass is 481 g/mol. The second-order valence-electron chi connectivity index (χ2n) is 8.50. The third-order valence-corrected chi connectivity index (χ3v) is 6.09. The van der Waals surface area contributed by atoms with Crippen molar-refractivity contribution in [2.75, 3.05) is 12.4 Å². The van der Waals surface area contributed by atoms with Gasteiger partial charge >= 0.3 is 0 Å². The molecule has 36 heavy (non-hydrogen) atoms. The number of rotatable bonds is 7. The molecule has 4 rings (SSSR count). The van der Waals surface area contributed by atoms with Gasteiger partial charge in [-0.1, -0.05) is 36.4 Å². The van der Waals surface area contributed by atoms with Crippen LogP contribution < -0.4 is 10.9 Å². The first-order chi connectivity index (χ1) is 17.3. The Balaban J connectivity index is 1.47. The Morgan fingerprint density at radius 3 is 2.47 bits per heavy atom. The first kappa shape index (κ1) is 24.5. The Morgan fingerprint density at radius 2 is 1.78 bits per heavy atom. The van der Waals surface area contributed by atoms with Crippen molar-refractivity contribution >= 4 is 17.5 Å². The smallest absolute Gasteiger partial charge is 0.255 e. The lowest BCUT2D eigenvalue weighted by Gasteiger charge is -2.26. The van der Waals surface area contributed by atoms with Crippen LogP contribution in [0.3, 0.4) is 0 Å². The van der Waals surface area contributed by atoms with Gasteiger partial charge in [-0.25, -0.2) is 4.98 Å². The van der Waals surface area contributed by atoms with Gasteiger partial charge in [0, 0.05) is 35.8 Å². The summed E-state index contributed by atoms with van der Waals surface area (Å²) in [6.45, 7) is 3.61. The fourth-order valence-electron chi connectivity index (χ4n) is 3.83. The van der Waals surface area contributed by atoms with Crippen LogP contribution in [0.15, 0.2) is 83.8 Å². The Bertz CT molecular complexity index is 1430. The number of carbonyl (C=O) groups excluding carboxylic acids is 2. The fraction of sp³-hybridized carbons (Fsp3) is 0.179. The number of nitrogens with one attached hydrogen (secondary N) is 2. The molecule has 0 aliphatic heterocycles. The van der Waals surface area contributed by atoms with Gasteiger partial charge in [-0.2, -0.15) is 0 Å². The molecule has 2 amide bonds. The average Bonchev–Trinajstić information content (AvgIpc) is 2.90. The number of pyridine rings is 1. The number of likely N-dealkylation sites (N-methyl/N-ethyl adjacent to an activating group) is 1. The van der Waals surface area contributed by atoms with Crippen molar-refractivity contribution in [3.63, 3.8) is 0 Å². The standard InChI is InChI=1S/C28H27N5O3/c1-18-23(28(36)32-26(30-18)24-14-7-8-15-29-24)17-25(34)33(3)19(2)21-12-9-13-22(16-21)31-27(35)20-10-5-4-6-11-20/h4-16,19H,17H2,1-3H3,(H,31,35)(H,30,32,36). The predicted molar refractivity (Wildman–Crippen MR) is 139 cm³/mol. The third-order valence-electron chi connectivity index (χ3n) is 6.09. The lowest BCUT2D eigenvalue weighted by atomic mass is 10.0. The lowest BCUT2D eigenvalue weighted by molar-refractivity contribution is -0.131. The lowest BCUT2D eigenvalue weighted by Crippen LogP contribution is -2.33. The van der Waals surface area contributed by atoms with E-state index < -0.39 is 0 Å². The molecule has 8 heteroatoms. The first-order valence-corrected chi connectivity index (χ1v) is 11.6. The fourth-order valence-corrected chi connectivity index (χ4v) is 3.83. The molecule has 0 radical (unpaired) electrons. The SMILES string of the molecule is Cc1nc(-c2ccccn2)[nH]c(=O)c1CC(=O)N(C)C(C)c1cccc(NC(=O)c2ccccc2)c1. The van der Waals surface area contributed by atoms with E-state index in [0.29, 0.717) is 34.0 Å². The zero-order valence-electron chi connectivity index (χ0n) is 20.4. The second kappa shape index (κ2) is 10.8. The Morgan fingerprint density at radius 1 is 1.03 bits per heavy atom. The number of nitrogens with zero attached hydrogens (tertiary/aromatic N) is 3. The second-order valence-corrected chi connectivity index (χ2v) is 8.50. The Labute approximate surface area is 209 Å². The molecule has 1 unspecified atom stereocenters. The summed E-state index contributed by atoms with van der Waals surface area (Å²) in [5.41, 5.74) is 3.05. The highest BCUT2D eigenvalue weighted by Crippen LogP contribution is 2.23. The minimum atomic E-state index is -0.358. The maximum atomic E-state index is 13.1. The zero-order valence-corrected chi connectivity index (χ0v) is 20.4. The number of hydrogen-bond donors (Lipinski definition) is 2. The van der Waals surface area contributed by atoms with E-state index in [2.05, 4.69) is 20.3 Å². The maximum absolute atomic E-state index is 13.1. The number of carbonyl (C=O) groups is 2. The molecule has 4 aromatic rings. The number of H-pyrrole nitrogens is 1. The van der Waals surface area contributed by atoms with Crippen molar-refractivity contribution in [1.82, 2.24) is 19.9 Å². The largest absolute Gasteiger partial charge is 0.339 e. The molecule has 2 heterocycles. The van der Waals surface area contributed by atoms with Crippen LogP contribution in [0.25, 0.3) is 11.5 Å². The van der Waals surface area contributed by atoms with Crippen LogP contribution >= 0.6 is 0 Å². The van der Waals surface area contributed by atoms with E-state index in [1.807, 2.05) is 49.4 Å². The van der Waals surface area contributed by atoms with Crippen molar-refractivity contribution in [3.05, 3.63) is 112 Å². The van der Waals surface area contributed by atoms with Crippen LogP contribution in [0.4, 0.5) is 5.69 Å². The van der Waals surface area contributed by atoms with Gasteiger partial charge < -0.3 is 15.2 Å². The minimum Gasteiger partial charge on any atom is -0.339 e. The van der Waals surface area contributed by atoms with Gasteiger partial charge in [0.15, 0.2) is 5.82 Å². The van der Waals surface area contributed by atoms with Gasteiger partial charge in [-0.15, -0.1) is 0 Å². The molecule has 1 atom stereocenters. The van der Waals surface area contributed by atoms with Gasteiger partial charge in [0.05, 0.1) is 12.5 Å². The zero-order chi connectivity index (χ0) is 25.7. The third kappa shape index (κ3) is 5.55. The minimum absolute atomic E-state index is 0.0814. The molecule has 8 nitrogen and oxygen atoms in total. The van der Waals surface area contributed by atoms with E-state index in [1.54, 1.807) is 55.4 Å². The molecule has 2 aromatic heterocycles. The van der Waals surface area contributed by atoms with E-state index >= 15 is 0 Å². The summed E-state index contributed by atoms with van der Waals surface area (Å²) in [5.74, 6) is -0.0613. The van der Waals surface area contributed by atoms with Crippen LogP contribution in [-0.4, -0.2) is 38.7 Å². The molecule has 0 aliphatic carbocycles. The number of amides is 2. The Kier molecular flexibility index (Phi) is 7.34. The van der Waals surface area contributed by atoms with E-state index in [4.69, 9.17) is 0 Å². The molecule has 2 N–H and O–H groups in total. The normalized spacial score (nSPS) is 11.5. The van der Waals surface area contributed by atoms with E-state index in [1.165, 1.54) is 0 Å². The molecular formula is C28H27N5O3. The molecule has 182 valence electrons. The molecule has 0 spiro atoms. The predicted octanol–water partition coefficient (Wildman–Crippen LogP) is 4.15. The van der Waals surface area contributed by atoms with Crippen LogP contribution in [0.2, 0.25) is 0 Å². The average molecular weight is 482 g/mol. The molecule has 0 fully saturated rings. The molecule has 0 bridgehead atoms. The van der Waals surface area contributed by atoms with Gasteiger partial charge in [-0.3, -0.25) is 19.4 Å². The summed E-state index contributed by atoms with van der Waals surface area (Å²) >= 11 is 0. The summed E-state index contributed by atoms with van der Waals surface area (Å²) in [4.78, 5) is 51.4. The summed E-state index contributed by atoms with van der Waals surface area (Å²) in [7, 11) is 1.70. The summed E-state index contributed by atoms with van der Waals surface area (Å²) in [6.07, 6.45) is 1.54. The highest BCUT2D eigenvalue weighted by atomic mass is 16.2. The van der Waals surface area contributed by atoms with E-state index in [9.17, 15) is 14.4 Å². The maximum Gasteiger partial charge on any atom is 0.255 e. The van der Waals surface area contributed by atoms with Crippen molar-refractivity contribution in [2.24, 2.45) is 0 Å². The van der Waals surface area contributed by atoms with Gasteiger partial charge in [0.1, 0.15) is 5.69 Å². The quantitative estimate of drug-likeness (QED) is 0.412. The number of anilines is 1. The van der Waals surface area contributed by atoms with Crippen LogP contribution in [0.1, 0.15) is 40.1 Å². The van der Waals surface area contributed by atoms with Crippen LogP contribution in [-0.2, 0) is 11.2 Å². The molecule has 0 saturated carbocycles. The molecule has 2 aromatic carbocycles. The van der Waals surface area contributed by atoms with Crippen molar-refractivity contribution in [3.8, 4) is 11.5 Å². The van der Waals surface area contributed by atoms with Crippen molar-refractivity contribution in [1.29, 1.82) is 0 Å². The van der Waals surface area contributed by atoms with Crippen LogP contribution in [0.5, 0.6) is 0 Å². The van der Waals surface area contributed by atoms with E-state index in [0.717, 1.165) is 5.56 Å². The summed E-state index contributed by atoms with van der Waals surface area (Å²) in [6, 6.07) is 21.4. The first-order valence-electron chi connectivity index (χ1n) is 11.6. The van der Waals surface area contributed by atoms with Gasteiger partial charge in [-0.05, 0) is 55.8 Å². The highest BCUT2D eigenvalue weighted by Gasteiger charge is 2.21. The summed E-state index contributed by atoms with van der Waals surface area (Å²) < 4.78 is 0. The summed E-state index contributed by atoms with van der Waals surface area (Å²) in [5, 5.41) is 2.89. The van der Waals surface area contributed by atoms with Crippen molar-refractivity contribution < 1.29 is 9.59 Å². The molecule has 0 aliphatic rings. The number of aromatic amines is 1. The highest BCUT2D eigenvalue weighted by molar-refractivity contribution is 6.04. The topological polar surface area (TPSA) is 108 Å².